The minimum absolute atomic E-state index is 0.178. The third-order valence-electron chi connectivity index (χ3n) is 7.84. The first-order chi connectivity index (χ1) is 16.1. The summed E-state index contributed by atoms with van der Waals surface area (Å²) in [7, 11) is -4.27. The van der Waals surface area contributed by atoms with Crippen molar-refractivity contribution in [2.24, 2.45) is 5.92 Å². The van der Waals surface area contributed by atoms with Crippen molar-refractivity contribution in [3.05, 3.63) is 65.7 Å². The first-order valence-corrected chi connectivity index (χ1v) is 14.2. The van der Waals surface area contributed by atoms with Crippen LogP contribution in [0, 0.1) is 12.8 Å². The maximum absolute atomic E-state index is 11.7. The molecule has 0 spiro atoms. The van der Waals surface area contributed by atoms with Crippen LogP contribution in [-0.4, -0.2) is 48.7 Å². The number of hydrogen-bond donors (Lipinski definition) is 1. The Hall–Kier alpha value is -1.73. The molecule has 1 aliphatic rings. The van der Waals surface area contributed by atoms with E-state index < -0.39 is 15.7 Å². The third-order valence-corrected chi connectivity index (χ3v) is 8.69. The van der Waals surface area contributed by atoms with Gasteiger partial charge in [-0.15, -0.1) is 0 Å². The van der Waals surface area contributed by atoms with Gasteiger partial charge in [0.1, 0.15) is 10.1 Å². The maximum atomic E-state index is 11.7. The first-order valence-electron chi connectivity index (χ1n) is 12.8. The molecule has 0 aromatic heterocycles. The summed E-state index contributed by atoms with van der Waals surface area (Å²) in [5.74, 6) is 0.422. The van der Waals surface area contributed by atoms with Crippen LogP contribution in [0.4, 0.5) is 0 Å². The molecule has 0 heterocycles. The van der Waals surface area contributed by atoms with Gasteiger partial charge in [-0.05, 0) is 64.2 Å². The lowest BCUT2D eigenvalue weighted by Crippen LogP contribution is -2.51. The highest BCUT2D eigenvalue weighted by atomic mass is 32.2. The fourth-order valence-electron chi connectivity index (χ4n) is 5.15. The molecule has 3 rings (SSSR count). The van der Waals surface area contributed by atoms with E-state index in [-0.39, 0.29) is 4.90 Å². The summed E-state index contributed by atoms with van der Waals surface area (Å²) < 4.78 is 32.3. The third kappa shape index (κ3) is 7.64. The van der Waals surface area contributed by atoms with Crippen LogP contribution in [0.2, 0.25) is 0 Å². The lowest BCUT2D eigenvalue weighted by Gasteiger charge is -2.43. The van der Waals surface area contributed by atoms with Crippen LogP contribution in [0.15, 0.2) is 59.5 Å². The minimum Gasteiger partial charge on any atom is -0.744 e. The summed E-state index contributed by atoms with van der Waals surface area (Å²) in [5.41, 5.74) is 1.41. The maximum Gasteiger partial charge on any atom is 0.124 e. The van der Waals surface area contributed by atoms with Gasteiger partial charge in [-0.3, -0.25) is 0 Å². The zero-order chi connectivity index (χ0) is 25.2. The van der Waals surface area contributed by atoms with E-state index in [0.29, 0.717) is 5.92 Å². The predicted octanol–water partition coefficient (Wildman–Crippen LogP) is 5.62. The molecule has 1 N–H and O–H groups in total. The molecule has 1 aliphatic carbocycles. The van der Waals surface area contributed by atoms with E-state index in [0.717, 1.165) is 48.2 Å². The van der Waals surface area contributed by atoms with Gasteiger partial charge >= 0.3 is 0 Å². The number of aryl methyl sites for hydroxylation is 1. The fourth-order valence-corrected chi connectivity index (χ4v) is 5.62. The monoisotopic (exact) mass is 489 g/mol. The SMILES string of the molecule is CC[N+](CC)(CC)CCC(O)(c1ccccc1)C1CCCCC1.Cc1ccc(S(=O)(=O)[O-])cc1. The van der Waals surface area contributed by atoms with Crippen molar-refractivity contribution in [3.8, 4) is 0 Å². The molecule has 1 atom stereocenters. The fraction of sp³-hybridized carbons (Fsp3) is 0.571. The first kappa shape index (κ1) is 28.5. The molecular weight excluding hydrogens is 446 g/mol. The average Bonchev–Trinajstić information content (AvgIpc) is 2.86. The molecule has 1 fully saturated rings. The Bertz CT molecular complexity index is 941. The highest BCUT2D eigenvalue weighted by molar-refractivity contribution is 7.85. The summed E-state index contributed by atoms with van der Waals surface area (Å²) >= 11 is 0. The zero-order valence-corrected chi connectivity index (χ0v) is 22.2. The van der Waals surface area contributed by atoms with Crippen molar-refractivity contribution in [1.29, 1.82) is 0 Å². The van der Waals surface area contributed by atoms with Gasteiger partial charge in [-0.2, -0.15) is 0 Å². The van der Waals surface area contributed by atoms with Crippen molar-refractivity contribution in [2.45, 2.75) is 76.7 Å². The Morgan fingerprint density at radius 3 is 1.91 bits per heavy atom. The summed E-state index contributed by atoms with van der Waals surface area (Å²) in [6.07, 6.45) is 7.12. The Balaban J connectivity index is 0.000000310. The van der Waals surface area contributed by atoms with Crippen LogP contribution in [-0.2, 0) is 15.7 Å². The normalized spacial score (nSPS) is 16.9. The van der Waals surface area contributed by atoms with Gasteiger partial charge < -0.3 is 14.1 Å². The van der Waals surface area contributed by atoms with Crippen LogP contribution in [0.5, 0.6) is 0 Å². The molecule has 34 heavy (non-hydrogen) atoms. The number of rotatable bonds is 9. The van der Waals surface area contributed by atoms with Gasteiger partial charge in [0.25, 0.3) is 0 Å². The van der Waals surface area contributed by atoms with Gasteiger partial charge in [0, 0.05) is 6.42 Å². The van der Waals surface area contributed by atoms with E-state index in [4.69, 9.17) is 0 Å². The summed E-state index contributed by atoms with van der Waals surface area (Å²) in [4.78, 5) is -0.178. The minimum atomic E-state index is -4.27. The number of hydrogen-bond acceptors (Lipinski definition) is 4. The summed E-state index contributed by atoms with van der Waals surface area (Å²) in [6, 6.07) is 16.2. The van der Waals surface area contributed by atoms with Crippen molar-refractivity contribution < 1.29 is 22.6 Å². The second kappa shape index (κ2) is 12.8. The molecule has 1 unspecified atom stereocenters. The summed E-state index contributed by atoms with van der Waals surface area (Å²) in [6.45, 7) is 13.2. The van der Waals surface area contributed by atoms with Crippen molar-refractivity contribution >= 4 is 10.1 Å². The van der Waals surface area contributed by atoms with E-state index in [2.05, 4.69) is 51.1 Å². The zero-order valence-electron chi connectivity index (χ0n) is 21.4. The molecule has 0 bridgehead atoms. The van der Waals surface area contributed by atoms with Crippen LogP contribution in [0.1, 0.15) is 70.4 Å². The smallest absolute Gasteiger partial charge is 0.124 e. The standard InChI is InChI=1S/C21H36NO.C7H8O3S/c1-4-22(5-2,6-3)18-17-21(23,19-13-9-7-10-14-19)20-15-11-8-12-16-20;1-6-2-4-7(5-3-6)11(8,9)10/h7,9-10,13-14,20,23H,4-6,8,11-12,15-18H2,1-3H3;2-5H,1H3,(H,8,9,10)/q+1;/p-1. The van der Waals surface area contributed by atoms with Crippen LogP contribution in [0.25, 0.3) is 0 Å². The van der Waals surface area contributed by atoms with Gasteiger partial charge in [0.2, 0.25) is 0 Å². The number of aliphatic hydroxyl groups is 1. The molecule has 0 aliphatic heterocycles. The van der Waals surface area contributed by atoms with E-state index in [1.807, 2.05) is 6.92 Å². The molecule has 1 saturated carbocycles. The predicted molar refractivity (Wildman–Crippen MR) is 137 cm³/mol. The number of benzene rings is 2. The van der Waals surface area contributed by atoms with E-state index in [1.54, 1.807) is 12.1 Å². The van der Waals surface area contributed by atoms with Crippen molar-refractivity contribution in [1.82, 2.24) is 0 Å². The highest BCUT2D eigenvalue weighted by Crippen LogP contribution is 2.42. The second-order valence-electron chi connectivity index (χ2n) is 9.66. The van der Waals surface area contributed by atoms with Crippen molar-refractivity contribution in [3.63, 3.8) is 0 Å². The van der Waals surface area contributed by atoms with E-state index >= 15 is 0 Å². The molecule has 5 nitrogen and oxygen atoms in total. The van der Waals surface area contributed by atoms with Crippen LogP contribution < -0.4 is 0 Å². The van der Waals surface area contributed by atoms with E-state index in [1.165, 1.54) is 44.2 Å². The summed E-state index contributed by atoms with van der Waals surface area (Å²) in [5, 5.41) is 11.7. The van der Waals surface area contributed by atoms with Crippen molar-refractivity contribution in [2.75, 3.05) is 26.2 Å². The van der Waals surface area contributed by atoms with Gasteiger partial charge in [-0.1, -0.05) is 67.3 Å². The number of nitrogens with zero attached hydrogens (tertiary/aromatic N) is 1. The quantitative estimate of drug-likeness (QED) is 0.366. The van der Waals surface area contributed by atoms with Gasteiger partial charge in [0.05, 0.1) is 36.7 Å². The molecule has 6 heteroatoms. The van der Waals surface area contributed by atoms with Gasteiger partial charge in [-0.25, -0.2) is 8.42 Å². The van der Waals surface area contributed by atoms with Crippen LogP contribution in [0.3, 0.4) is 0 Å². The molecule has 0 amide bonds. The topological polar surface area (TPSA) is 77.4 Å². The molecule has 190 valence electrons. The van der Waals surface area contributed by atoms with Gasteiger partial charge in [0.15, 0.2) is 0 Å². The molecule has 0 radical (unpaired) electrons. The Morgan fingerprint density at radius 2 is 1.44 bits per heavy atom. The Morgan fingerprint density at radius 1 is 0.912 bits per heavy atom. The molecule has 2 aromatic rings. The lowest BCUT2D eigenvalue weighted by molar-refractivity contribution is -0.924. The average molecular weight is 490 g/mol. The molecule has 2 aromatic carbocycles. The Kier molecular flexibility index (Phi) is 10.8. The number of quaternary nitrogens is 1. The highest BCUT2D eigenvalue weighted by Gasteiger charge is 2.40. The second-order valence-corrected chi connectivity index (χ2v) is 11.0. The largest absolute Gasteiger partial charge is 0.744 e. The lowest BCUT2D eigenvalue weighted by atomic mass is 9.71. The van der Waals surface area contributed by atoms with E-state index in [9.17, 15) is 18.1 Å². The molecule has 0 saturated heterocycles. The Labute approximate surface area is 207 Å². The molecular formula is C28H43NO4S. The van der Waals surface area contributed by atoms with Crippen LogP contribution >= 0.6 is 0 Å².